The Morgan fingerprint density at radius 1 is 1.30 bits per heavy atom. The van der Waals surface area contributed by atoms with E-state index in [1.807, 2.05) is 0 Å². The van der Waals surface area contributed by atoms with E-state index < -0.39 is 0 Å². The highest BCUT2D eigenvalue weighted by atomic mass is 35.5. The molecule has 0 amide bonds. The summed E-state index contributed by atoms with van der Waals surface area (Å²) < 4.78 is 18.4. The topological polar surface area (TPSA) is 44.7 Å². The molecule has 2 N–H and O–H groups in total. The second kappa shape index (κ2) is 9.04. The van der Waals surface area contributed by atoms with Crippen molar-refractivity contribution in [2.75, 3.05) is 45.9 Å². The first-order valence-corrected chi connectivity index (χ1v) is 7.64. The molecule has 0 aromatic heterocycles. The first kappa shape index (κ1) is 20.5. The van der Waals surface area contributed by atoms with Gasteiger partial charge in [0.05, 0.1) is 13.2 Å². The number of hydrogen-bond donors (Lipinski definition) is 2. The summed E-state index contributed by atoms with van der Waals surface area (Å²) in [5, 5.41) is 13.1. The number of hydrogen-bond acceptors (Lipinski definition) is 4. The van der Waals surface area contributed by atoms with Crippen LogP contribution in [-0.4, -0.2) is 55.9 Å². The van der Waals surface area contributed by atoms with Crippen LogP contribution in [-0.2, 0) is 0 Å². The molecule has 2 aliphatic heterocycles. The first-order chi connectivity index (χ1) is 10.2. The van der Waals surface area contributed by atoms with Crippen molar-refractivity contribution in [1.82, 2.24) is 10.2 Å². The zero-order valence-electron chi connectivity index (χ0n) is 13.0. The van der Waals surface area contributed by atoms with E-state index in [1.165, 1.54) is 12.1 Å². The summed E-state index contributed by atoms with van der Waals surface area (Å²) in [6, 6.07) is 6.13. The lowest BCUT2D eigenvalue weighted by Crippen LogP contribution is -2.36. The number of nitrogens with one attached hydrogen (secondary N) is 1. The molecule has 2 heterocycles. The summed E-state index contributed by atoms with van der Waals surface area (Å²) in [5.41, 5.74) is 0.0673. The maximum atomic E-state index is 12.8. The zero-order chi connectivity index (χ0) is 14.7. The average molecular weight is 367 g/mol. The fourth-order valence-electron chi connectivity index (χ4n) is 3.54. The van der Waals surface area contributed by atoms with Crippen molar-refractivity contribution in [2.45, 2.75) is 6.42 Å². The number of likely N-dealkylation sites (tertiary alicyclic amines) is 1. The van der Waals surface area contributed by atoms with Gasteiger partial charge >= 0.3 is 0 Å². The van der Waals surface area contributed by atoms with Gasteiger partial charge < -0.3 is 20.1 Å². The Kier molecular flexibility index (Phi) is 8.04. The molecular formula is C16H25Cl2FN2O2. The molecule has 2 fully saturated rings. The van der Waals surface area contributed by atoms with Crippen LogP contribution in [0.2, 0.25) is 0 Å². The molecular weight excluding hydrogens is 342 g/mol. The second-order valence-electron chi connectivity index (χ2n) is 6.24. The maximum Gasteiger partial charge on any atom is 0.123 e. The van der Waals surface area contributed by atoms with Crippen molar-refractivity contribution in [3.63, 3.8) is 0 Å². The second-order valence-corrected chi connectivity index (χ2v) is 6.24. The zero-order valence-corrected chi connectivity index (χ0v) is 14.7. The number of aliphatic hydroxyl groups is 1. The summed E-state index contributed by atoms with van der Waals surface area (Å²) in [6.07, 6.45) is 0.943. The quantitative estimate of drug-likeness (QED) is 0.755. The van der Waals surface area contributed by atoms with Gasteiger partial charge in [0.15, 0.2) is 0 Å². The number of aliphatic hydroxyl groups excluding tert-OH is 1. The Hall–Kier alpha value is -0.590. The number of fused-ring (bicyclic) bond motifs is 1. The largest absolute Gasteiger partial charge is 0.494 e. The molecule has 2 atom stereocenters. The van der Waals surface area contributed by atoms with Gasteiger partial charge in [-0.05, 0) is 43.1 Å². The lowest BCUT2D eigenvalue weighted by Gasteiger charge is -2.25. The average Bonchev–Trinajstić information content (AvgIpc) is 3.02. The molecule has 0 spiro atoms. The minimum absolute atomic E-state index is 0. The van der Waals surface area contributed by atoms with E-state index in [4.69, 9.17) is 4.74 Å². The highest BCUT2D eigenvalue weighted by Gasteiger charge is 2.48. The van der Waals surface area contributed by atoms with Crippen molar-refractivity contribution in [3.8, 4) is 5.75 Å². The molecule has 2 unspecified atom stereocenters. The summed E-state index contributed by atoms with van der Waals surface area (Å²) in [4.78, 5) is 2.43. The van der Waals surface area contributed by atoms with Crippen LogP contribution in [0.15, 0.2) is 24.3 Å². The highest BCUT2D eigenvalue weighted by Crippen LogP contribution is 2.38. The van der Waals surface area contributed by atoms with Gasteiger partial charge in [0.25, 0.3) is 0 Å². The number of rotatable bonds is 6. The van der Waals surface area contributed by atoms with E-state index in [1.54, 1.807) is 12.1 Å². The third-order valence-corrected chi connectivity index (χ3v) is 4.77. The van der Waals surface area contributed by atoms with Crippen LogP contribution in [0.25, 0.3) is 0 Å². The number of halogens is 3. The van der Waals surface area contributed by atoms with Gasteiger partial charge in [0.2, 0.25) is 0 Å². The Labute approximate surface area is 149 Å². The highest BCUT2D eigenvalue weighted by molar-refractivity contribution is 5.85. The molecule has 0 aliphatic carbocycles. The monoisotopic (exact) mass is 366 g/mol. The lowest BCUT2D eigenvalue weighted by atomic mass is 9.82. The van der Waals surface area contributed by atoms with Gasteiger partial charge in [-0.3, -0.25) is 0 Å². The molecule has 0 bridgehead atoms. The van der Waals surface area contributed by atoms with Gasteiger partial charge in [-0.15, -0.1) is 24.8 Å². The van der Waals surface area contributed by atoms with E-state index in [9.17, 15) is 9.50 Å². The Morgan fingerprint density at radius 2 is 2.04 bits per heavy atom. The summed E-state index contributed by atoms with van der Waals surface area (Å²) >= 11 is 0. The molecule has 7 heteroatoms. The van der Waals surface area contributed by atoms with E-state index in [0.717, 1.165) is 39.1 Å². The van der Waals surface area contributed by atoms with Gasteiger partial charge in [-0.25, -0.2) is 4.39 Å². The molecule has 2 saturated heterocycles. The fourth-order valence-corrected chi connectivity index (χ4v) is 3.54. The van der Waals surface area contributed by atoms with Crippen LogP contribution < -0.4 is 10.1 Å². The smallest absolute Gasteiger partial charge is 0.123 e. The molecule has 2 aliphatic rings. The Balaban J connectivity index is 0.00000132. The molecule has 132 valence electrons. The minimum atomic E-state index is -0.242. The molecule has 4 nitrogen and oxygen atoms in total. The van der Waals surface area contributed by atoms with E-state index >= 15 is 0 Å². The van der Waals surface area contributed by atoms with E-state index in [0.29, 0.717) is 18.3 Å². The number of nitrogens with zero attached hydrogens (tertiary/aromatic N) is 1. The SMILES string of the molecule is Cl.Cl.OCC12CNCC1CN(CCCOc1ccc(F)cc1)C2. The van der Waals surface area contributed by atoms with Crippen LogP contribution in [0.4, 0.5) is 4.39 Å². The van der Waals surface area contributed by atoms with Crippen molar-refractivity contribution in [2.24, 2.45) is 11.3 Å². The van der Waals surface area contributed by atoms with Crippen LogP contribution in [0.5, 0.6) is 5.75 Å². The van der Waals surface area contributed by atoms with Gasteiger partial charge in [-0.1, -0.05) is 0 Å². The van der Waals surface area contributed by atoms with Crippen molar-refractivity contribution in [3.05, 3.63) is 30.1 Å². The summed E-state index contributed by atoms with van der Waals surface area (Å²) in [7, 11) is 0. The van der Waals surface area contributed by atoms with Crippen molar-refractivity contribution < 1.29 is 14.2 Å². The van der Waals surface area contributed by atoms with E-state index in [-0.39, 0.29) is 42.7 Å². The van der Waals surface area contributed by atoms with Crippen molar-refractivity contribution in [1.29, 1.82) is 0 Å². The van der Waals surface area contributed by atoms with Gasteiger partial charge in [-0.2, -0.15) is 0 Å². The van der Waals surface area contributed by atoms with Crippen LogP contribution in [0.1, 0.15) is 6.42 Å². The molecule has 0 saturated carbocycles. The summed E-state index contributed by atoms with van der Waals surface area (Å²) in [6.45, 7) is 5.87. The van der Waals surface area contributed by atoms with Crippen molar-refractivity contribution >= 4 is 24.8 Å². The Morgan fingerprint density at radius 3 is 2.70 bits per heavy atom. The predicted octanol–water partition coefficient (Wildman–Crippen LogP) is 1.95. The van der Waals surface area contributed by atoms with E-state index in [2.05, 4.69) is 10.2 Å². The molecule has 1 aromatic rings. The van der Waals surface area contributed by atoms with Crippen LogP contribution in [0, 0.1) is 17.2 Å². The van der Waals surface area contributed by atoms with Gasteiger partial charge in [0.1, 0.15) is 11.6 Å². The Bertz CT molecular complexity index is 478. The third-order valence-electron chi connectivity index (χ3n) is 4.77. The predicted molar refractivity (Wildman–Crippen MR) is 93.3 cm³/mol. The standard InChI is InChI=1S/C16H23FN2O2.2ClH/c17-14-2-4-15(5-3-14)21-7-1-6-19-9-13-8-18-10-16(13,11-19)12-20;;/h2-5,13,18,20H,1,6-12H2;2*1H. The van der Waals surface area contributed by atoms with Gasteiger partial charge in [0, 0.05) is 31.6 Å². The maximum absolute atomic E-state index is 12.8. The third kappa shape index (κ3) is 4.70. The number of ether oxygens (including phenoxy) is 1. The first-order valence-electron chi connectivity index (χ1n) is 7.64. The minimum Gasteiger partial charge on any atom is -0.494 e. The van der Waals surface area contributed by atoms with Crippen LogP contribution >= 0.6 is 24.8 Å². The molecule has 3 rings (SSSR count). The molecule has 1 aromatic carbocycles. The number of benzene rings is 1. The fraction of sp³-hybridized carbons (Fsp3) is 0.625. The normalized spacial score (nSPS) is 26.3. The molecule has 0 radical (unpaired) electrons. The summed E-state index contributed by atoms with van der Waals surface area (Å²) in [5.74, 6) is 1.04. The molecule has 23 heavy (non-hydrogen) atoms. The lowest BCUT2D eigenvalue weighted by molar-refractivity contribution is 0.124. The van der Waals surface area contributed by atoms with Crippen LogP contribution in [0.3, 0.4) is 0 Å².